The first kappa shape index (κ1) is 23.8. The summed E-state index contributed by atoms with van der Waals surface area (Å²) in [6, 6.07) is 8.04. The van der Waals surface area contributed by atoms with Crippen LogP contribution in [0.4, 0.5) is 0 Å². The summed E-state index contributed by atoms with van der Waals surface area (Å²) in [5.41, 5.74) is 0.389. The maximum absolute atomic E-state index is 13.1. The lowest BCUT2D eigenvalue weighted by molar-refractivity contribution is -0.140. The quantitative estimate of drug-likeness (QED) is 0.322. The van der Waals surface area contributed by atoms with Crippen molar-refractivity contribution in [2.24, 2.45) is 0 Å². The summed E-state index contributed by atoms with van der Waals surface area (Å²) in [7, 11) is 0. The summed E-state index contributed by atoms with van der Waals surface area (Å²) < 4.78 is 16.8. The Kier molecular flexibility index (Phi) is 7.93. The Morgan fingerprint density at radius 3 is 2.53 bits per heavy atom. The van der Waals surface area contributed by atoms with Crippen molar-refractivity contribution in [1.29, 1.82) is 0 Å². The molecule has 0 radical (unpaired) electrons. The van der Waals surface area contributed by atoms with Gasteiger partial charge < -0.3 is 24.2 Å². The van der Waals surface area contributed by atoms with E-state index in [9.17, 15) is 14.7 Å². The van der Waals surface area contributed by atoms with Gasteiger partial charge >= 0.3 is 0 Å². The number of hydrogen-bond donors (Lipinski definition) is 1. The highest BCUT2D eigenvalue weighted by molar-refractivity contribution is 7.10. The van der Waals surface area contributed by atoms with E-state index in [0.29, 0.717) is 36.9 Å². The summed E-state index contributed by atoms with van der Waals surface area (Å²) >= 11 is 1.42. The molecule has 32 heavy (non-hydrogen) atoms. The Morgan fingerprint density at radius 2 is 1.91 bits per heavy atom. The van der Waals surface area contributed by atoms with Crippen molar-refractivity contribution in [2.45, 2.75) is 39.8 Å². The zero-order valence-corrected chi connectivity index (χ0v) is 19.6. The van der Waals surface area contributed by atoms with Crippen LogP contribution in [0.2, 0.25) is 0 Å². The first-order valence-corrected chi connectivity index (χ1v) is 11.6. The molecule has 7 nitrogen and oxygen atoms in total. The van der Waals surface area contributed by atoms with E-state index in [0.717, 1.165) is 4.88 Å². The van der Waals surface area contributed by atoms with E-state index in [-0.39, 0.29) is 24.0 Å². The molecule has 0 saturated carbocycles. The molecule has 1 unspecified atom stereocenters. The lowest BCUT2D eigenvalue weighted by Crippen LogP contribution is -2.33. The van der Waals surface area contributed by atoms with E-state index < -0.39 is 17.7 Å². The van der Waals surface area contributed by atoms with Crippen molar-refractivity contribution in [1.82, 2.24) is 4.90 Å². The van der Waals surface area contributed by atoms with Gasteiger partial charge in [0.05, 0.1) is 43.1 Å². The van der Waals surface area contributed by atoms with Gasteiger partial charge in [-0.25, -0.2) is 0 Å². The molecule has 1 aromatic carbocycles. The average Bonchev–Trinajstić information content (AvgIpc) is 3.36. The molecule has 0 spiro atoms. The number of aliphatic hydroxyl groups is 1. The summed E-state index contributed by atoms with van der Waals surface area (Å²) in [4.78, 5) is 28.2. The largest absolute Gasteiger partial charge is 0.507 e. The number of thiophene rings is 1. The standard InChI is InChI=1S/C24H29NO6S/c1-5-29-16-9-10-17(18(14-16)30-6-2)22(26)20-21(19-8-7-13-32-19)25(24(28)23(20)27)11-12-31-15(3)4/h7-10,13-15,21,26H,5-6,11-12H2,1-4H3/b22-20-. The Hall–Kier alpha value is -2.84. The second-order valence-electron chi connectivity index (χ2n) is 7.45. The molecule has 1 saturated heterocycles. The first-order chi connectivity index (χ1) is 15.4. The Morgan fingerprint density at radius 1 is 1.16 bits per heavy atom. The average molecular weight is 460 g/mol. The Labute approximate surface area is 192 Å². The number of rotatable bonds is 10. The molecule has 172 valence electrons. The molecule has 1 fully saturated rings. The molecule has 1 atom stereocenters. The molecule has 0 aliphatic carbocycles. The fourth-order valence-corrected chi connectivity index (χ4v) is 4.46. The number of hydrogen-bond acceptors (Lipinski definition) is 7. The van der Waals surface area contributed by atoms with Crippen LogP contribution in [-0.2, 0) is 14.3 Å². The maximum Gasteiger partial charge on any atom is 0.295 e. The van der Waals surface area contributed by atoms with Crippen molar-refractivity contribution in [2.75, 3.05) is 26.4 Å². The van der Waals surface area contributed by atoms with Gasteiger partial charge in [0, 0.05) is 17.5 Å². The van der Waals surface area contributed by atoms with Crippen LogP contribution in [0.3, 0.4) is 0 Å². The van der Waals surface area contributed by atoms with E-state index in [1.54, 1.807) is 18.2 Å². The van der Waals surface area contributed by atoms with Crippen molar-refractivity contribution >= 4 is 28.8 Å². The SMILES string of the molecule is CCOc1ccc(/C(O)=C2/C(=O)C(=O)N(CCOC(C)C)C2c2cccs2)c(OCC)c1. The van der Waals surface area contributed by atoms with Gasteiger partial charge in [-0.05, 0) is 51.3 Å². The minimum atomic E-state index is -0.721. The van der Waals surface area contributed by atoms with Crippen LogP contribution in [0, 0.1) is 0 Å². The molecule has 0 bridgehead atoms. The predicted molar refractivity (Wildman–Crippen MR) is 123 cm³/mol. The maximum atomic E-state index is 13.1. The lowest BCUT2D eigenvalue weighted by atomic mass is 9.99. The van der Waals surface area contributed by atoms with Gasteiger partial charge in [0.15, 0.2) is 0 Å². The number of carbonyl (C=O) groups excluding carboxylic acids is 2. The van der Waals surface area contributed by atoms with E-state index in [2.05, 4.69) is 0 Å². The van der Waals surface area contributed by atoms with Gasteiger partial charge in [0.25, 0.3) is 11.7 Å². The third kappa shape index (κ3) is 4.97. The van der Waals surface area contributed by atoms with Crippen molar-refractivity contribution in [3.8, 4) is 11.5 Å². The fourth-order valence-electron chi connectivity index (χ4n) is 3.61. The van der Waals surface area contributed by atoms with Crippen LogP contribution < -0.4 is 9.47 Å². The summed E-state index contributed by atoms with van der Waals surface area (Å²) in [5, 5.41) is 13.1. The number of benzene rings is 1. The van der Waals surface area contributed by atoms with Gasteiger partial charge in [0.2, 0.25) is 0 Å². The monoisotopic (exact) mass is 459 g/mol. The minimum absolute atomic E-state index is 0.00427. The molecular weight excluding hydrogens is 430 g/mol. The van der Waals surface area contributed by atoms with Crippen LogP contribution in [0.15, 0.2) is 41.3 Å². The van der Waals surface area contributed by atoms with Crippen LogP contribution in [0.5, 0.6) is 11.5 Å². The number of likely N-dealkylation sites (tertiary alicyclic amines) is 1. The second kappa shape index (κ2) is 10.7. The molecule has 1 aromatic heterocycles. The molecule has 3 rings (SSSR count). The molecule has 2 heterocycles. The molecule has 2 aromatic rings. The van der Waals surface area contributed by atoms with Crippen LogP contribution >= 0.6 is 11.3 Å². The number of aliphatic hydroxyl groups excluding tert-OH is 1. The number of carbonyl (C=O) groups is 2. The Bertz CT molecular complexity index is 982. The van der Waals surface area contributed by atoms with Crippen molar-refractivity contribution < 1.29 is 28.9 Å². The smallest absolute Gasteiger partial charge is 0.295 e. The van der Waals surface area contributed by atoms with Gasteiger partial charge in [-0.1, -0.05) is 6.07 Å². The summed E-state index contributed by atoms with van der Waals surface area (Å²) in [6.45, 7) is 8.90. The number of Topliss-reactive ketones (excluding diaryl/α,β-unsaturated/α-hetero) is 1. The van der Waals surface area contributed by atoms with E-state index in [1.165, 1.54) is 16.2 Å². The normalized spacial score (nSPS) is 17.9. The molecule has 1 amide bonds. The third-order valence-electron chi connectivity index (χ3n) is 4.96. The number of ether oxygens (including phenoxy) is 3. The third-order valence-corrected chi connectivity index (χ3v) is 5.88. The zero-order chi connectivity index (χ0) is 23.3. The fraction of sp³-hybridized carbons (Fsp3) is 0.417. The number of amides is 1. The molecule has 8 heteroatoms. The number of nitrogens with zero attached hydrogens (tertiary/aromatic N) is 1. The topological polar surface area (TPSA) is 85.3 Å². The van der Waals surface area contributed by atoms with Gasteiger partial charge in [-0.2, -0.15) is 0 Å². The highest BCUT2D eigenvalue weighted by Gasteiger charge is 2.46. The van der Waals surface area contributed by atoms with Crippen LogP contribution in [-0.4, -0.2) is 54.2 Å². The van der Waals surface area contributed by atoms with Crippen LogP contribution in [0.25, 0.3) is 5.76 Å². The predicted octanol–water partition coefficient (Wildman–Crippen LogP) is 4.39. The van der Waals surface area contributed by atoms with Crippen molar-refractivity contribution in [3.63, 3.8) is 0 Å². The molecule has 1 aliphatic rings. The molecule has 1 N–H and O–H groups in total. The number of ketones is 1. The van der Waals surface area contributed by atoms with Crippen LogP contribution in [0.1, 0.15) is 44.2 Å². The van der Waals surface area contributed by atoms with Crippen molar-refractivity contribution in [3.05, 3.63) is 51.7 Å². The zero-order valence-electron chi connectivity index (χ0n) is 18.8. The summed E-state index contributed by atoms with van der Waals surface area (Å²) in [5.74, 6) is -0.660. The lowest BCUT2D eigenvalue weighted by Gasteiger charge is -2.24. The minimum Gasteiger partial charge on any atom is -0.507 e. The van der Waals surface area contributed by atoms with E-state index in [1.807, 2.05) is 45.2 Å². The Balaban J connectivity index is 2.08. The molecule has 1 aliphatic heterocycles. The van der Waals surface area contributed by atoms with E-state index >= 15 is 0 Å². The highest BCUT2D eigenvalue weighted by Crippen LogP contribution is 2.42. The van der Waals surface area contributed by atoms with E-state index in [4.69, 9.17) is 14.2 Å². The van der Waals surface area contributed by atoms with Gasteiger partial charge in [-0.3, -0.25) is 9.59 Å². The molecular formula is C24H29NO6S. The first-order valence-electron chi connectivity index (χ1n) is 10.7. The second-order valence-corrected chi connectivity index (χ2v) is 8.43. The summed E-state index contributed by atoms with van der Waals surface area (Å²) in [6.07, 6.45) is 0.00427. The highest BCUT2D eigenvalue weighted by atomic mass is 32.1. The van der Waals surface area contributed by atoms with Gasteiger partial charge in [-0.15, -0.1) is 11.3 Å². The van der Waals surface area contributed by atoms with Gasteiger partial charge in [0.1, 0.15) is 17.3 Å².